The summed E-state index contributed by atoms with van der Waals surface area (Å²) in [6.07, 6.45) is 5.90. The van der Waals surface area contributed by atoms with Crippen LogP contribution in [0.25, 0.3) is 10.9 Å². The Morgan fingerprint density at radius 2 is 2.24 bits per heavy atom. The molecule has 0 amide bonds. The summed E-state index contributed by atoms with van der Waals surface area (Å²) >= 11 is 7.84. The first-order valence-electron chi connectivity index (χ1n) is 8.33. The Balaban J connectivity index is 1.51. The Labute approximate surface area is 156 Å². The zero-order valence-corrected chi connectivity index (χ0v) is 16.0. The van der Waals surface area contributed by atoms with Gasteiger partial charge in [-0.05, 0) is 36.6 Å². The van der Waals surface area contributed by atoms with E-state index in [4.69, 9.17) is 11.6 Å². The number of nitrogens with zero attached hydrogens (tertiary/aromatic N) is 2. The SMILES string of the molecule is CCc1cnc(CNC(=NC)NCCc2c[nH]c3ccc(Cl)cc23)s1. The summed E-state index contributed by atoms with van der Waals surface area (Å²) in [6, 6.07) is 5.91. The van der Waals surface area contributed by atoms with E-state index in [1.807, 2.05) is 30.6 Å². The van der Waals surface area contributed by atoms with Gasteiger partial charge in [0.05, 0.1) is 6.54 Å². The van der Waals surface area contributed by atoms with Crippen molar-refractivity contribution in [1.29, 1.82) is 0 Å². The number of aromatic nitrogens is 2. The van der Waals surface area contributed by atoms with Gasteiger partial charge in [0.2, 0.25) is 0 Å². The zero-order valence-electron chi connectivity index (χ0n) is 14.4. The van der Waals surface area contributed by atoms with Gasteiger partial charge in [-0.1, -0.05) is 18.5 Å². The lowest BCUT2D eigenvalue weighted by atomic mass is 10.1. The minimum atomic E-state index is 0.688. The summed E-state index contributed by atoms with van der Waals surface area (Å²) in [5.74, 6) is 0.783. The number of guanidine groups is 1. The molecule has 2 heterocycles. The second kappa shape index (κ2) is 8.36. The molecule has 5 nitrogen and oxygen atoms in total. The average Bonchev–Trinajstić information content (AvgIpc) is 3.24. The van der Waals surface area contributed by atoms with Crippen molar-refractivity contribution in [2.75, 3.05) is 13.6 Å². The number of aliphatic imine (C=N–C) groups is 1. The minimum absolute atomic E-state index is 0.688. The maximum absolute atomic E-state index is 6.10. The molecule has 0 aliphatic rings. The summed E-state index contributed by atoms with van der Waals surface area (Å²) in [7, 11) is 1.78. The lowest BCUT2D eigenvalue weighted by Crippen LogP contribution is -2.37. The van der Waals surface area contributed by atoms with E-state index in [2.05, 4.69) is 32.5 Å². The second-order valence-corrected chi connectivity index (χ2v) is 7.32. The number of benzene rings is 1. The number of hydrogen-bond acceptors (Lipinski definition) is 3. The maximum Gasteiger partial charge on any atom is 0.191 e. The van der Waals surface area contributed by atoms with Crippen molar-refractivity contribution in [3.8, 4) is 0 Å². The number of halogens is 1. The van der Waals surface area contributed by atoms with Crippen LogP contribution in [0, 0.1) is 0 Å². The summed E-state index contributed by atoms with van der Waals surface area (Å²) in [6.45, 7) is 3.62. The van der Waals surface area contributed by atoms with Crippen LogP contribution in [-0.4, -0.2) is 29.5 Å². The Hall–Kier alpha value is -2.05. The van der Waals surface area contributed by atoms with E-state index < -0.39 is 0 Å². The van der Waals surface area contributed by atoms with Gasteiger partial charge in [-0.15, -0.1) is 11.3 Å². The Morgan fingerprint density at radius 3 is 3.00 bits per heavy atom. The summed E-state index contributed by atoms with van der Waals surface area (Å²) < 4.78 is 0. The largest absolute Gasteiger partial charge is 0.361 e. The first kappa shape index (κ1) is 17.8. The molecule has 0 spiro atoms. The van der Waals surface area contributed by atoms with Crippen LogP contribution in [0.4, 0.5) is 0 Å². The van der Waals surface area contributed by atoms with E-state index >= 15 is 0 Å². The number of aromatic amines is 1. The van der Waals surface area contributed by atoms with Crippen molar-refractivity contribution in [2.24, 2.45) is 4.99 Å². The van der Waals surface area contributed by atoms with Crippen LogP contribution < -0.4 is 10.6 Å². The van der Waals surface area contributed by atoms with Crippen LogP contribution in [0.1, 0.15) is 22.4 Å². The highest BCUT2D eigenvalue weighted by Gasteiger charge is 2.06. The van der Waals surface area contributed by atoms with Crippen molar-refractivity contribution >= 4 is 39.8 Å². The fraction of sp³-hybridized carbons (Fsp3) is 0.333. The predicted molar refractivity (Wildman–Crippen MR) is 107 cm³/mol. The van der Waals surface area contributed by atoms with Crippen LogP contribution in [0.15, 0.2) is 35.6 Å². The number of rotatable bonds is 6. The van der Waals surface area contributed by atoms with E-state index in [-0.39, 0.29) is 0 Å². The smallest absolute Gasteiger partial charge is 0.191 e. The predicted octanol–water partition coefficient (Wildman–Crippen LogP) is 3.75. The van der Waals surface area contributed by atoms with Gasteiger partial charge < -0.3 is 15.6 Å². The molecule has 25 heavy (non-hydrogen) atoms. The average molecular weight is 376 g/mol. The number of hydrogen-bond donors (Lipinski definition) is 3. The van der Waals surface area contributed by atoms with Crippen LogP contribution in [0.3, 0.4) is 0 Å². The molecule has 0 saturated carbocycles. The van der Waals surface area contributed by atoms with E-state index in [0.717, 1.165) is 40.9 Å². The van der Waals surface area contributed by atoms with Crippen molar-refractivity contribution in [2.45, 2.75) is 26.3 Å². The molecule has 1 aromatic carbocycles. The normalized spacial score (nSPS) is 11.9. The molecular formula is C18H22ClN5S. The molecule has 3 aromatic rings. The van der Waals surface area contributed by atoms with E-state index in [0.29, 0.717) is 6.54 Å². The van der Waals surface area contributed by atoms with Crippen molar-refractivity contribution < 1.29 is 0 Å². The highest BCUT2D eigenvalue weighted by Crippen LogP contribution is 2.22. The third-order valence-electron chi connectivity index (χ3n) is 4.00. The van der Waals surface area contributed by atoms with E-state index in [1.54, 1.807) is 18.4 Å². The molecule has 0 atom stereocenters. The highest BCUT2D eigenvalue weighted by atomic mass is 35.5. The molecular weight excluding hydrogens is 354 g/mol. The highest BCUT2D eigenvalue weighted by molar-refractivity contribution is 7.11. The standard InChI is InChI=1S/C18H22ClN5S/c1-3-14-10-23-17(25-14)11-24-18(20-2)21-7-6-12-9-22-16-5-4-13(19)8-15(12)16/h4-5,8-10,22H,3,6-7,11H2,1-2H3,(H2,20,21,24). The molecule has 0 aliphatic carbocycles. The van der Waals surface area contributed by atoms with Gasteiger partial charge in [-0.25, -0.2) is 4.98 Å². The fourth-order valence-electron chi connectivity index (χ4n) is 2.65. The lowest BCUT2D eigenvalue weighted by Gasteiger charge is -2.10. The van der Waals surface area contributed by atoms with Gasteiger partial charge >= 0.3 is 0 Å². The third kappa shape index (κ3) is 4.52. The van der Waals surface area contributed by atoms with Crippen LogP contribution in [0.2, 0.25) is 5.02 Å². The summed E-state index contributed by atoms with van der Waals surface area (Å²) in [5, 5.41) is 9.66. The van der Waals surface area contributed by atoms with Gasteiger partial charge in [0.15, 0.2) is 5.96 Å². The molecule has 0 fully saturated rings. The molecule has 3 rings (SSSR count). The third-order valence-corrected chi connectivity index (χ3v) is 5.37. The number of H-pyrrole nitrogens is 1. The quantitative estimate of drug-likeness (QED) is 0.454. The fourth-order valence-corrected chi connectivity index (χ4v) is 3.62. The van der Waals surface area contributed by atoms with E-state index in [9.17, 15) is 0 Å². The van der Waals surface area contributed by atoms with Gasteiger partial charge in [0, 0.05) is 46.8 Å². The molecule has 0 unspecified atom stereocenters. The molecule has 3 N–H and O–H groups in total. The number of nitrogens with one attached hydrogen (secondary N) is 3. The topological polar surface area (TPSA) is 65.1 Å². The molecule has 0 radical (unpaired) electrons. The Bertz CT molecular complexity index is 867. The zero-order chi connectivity index (χ0) is 17.6. The summed E-state index contributed by atoms with van der Waals surface area (Å²) in [4.78, 5) is 13.3. The number of aryl methyl sites for hydroxylation is 1. The van der Waals surface area contributed by atoms with Gasteiger partial charge in [-0.2, -0.15) is 0 Å². The lowest BCUT2D eigenvalue weighted by molar-refractivity contribution is 0.793. The van der Waals surface area contributed by atoms with Crippen LogP contribution >= 0.6 is 22.9 Å². The molecule has 132 valence electrons. The Morgan fingerprint density at radius 1 is 1.36 bits per heavy atom. The first-order chi connectivity index (χ1) is 12.2. The maximum atomic E-state index is 6.10. The van der Waals surface area contributed by atoms with Crippen molar-refractivity contribution in [3.63, 3.8) is 0 Å². The molecule has 0 bridgehead atoms. The van der Waals surface area contributed by atoms with Gasteiger partial charge in [0.1, 0.15) is 5.01 Å². The number of fused-ring (bicyclic) bond motifs is 1. The second-order valence-electron chi connectivity index (χ2n) is 5.68. The number of thiazole rings is 1. The van der Waals surface area contributed by atoms with Crippen LogP contribution in [0.5, 0.6) is 0 Å². The van der Waals surface area contributed by atoms with Crippen LogP contribution in [-0.2, 0) is 19.4 Å². The molecule has 0 saturated heterocycles. The monoisotopic (exact) mass is 375 g/mol. The first-order valence-corrected chi connectivity index (χ1v) is 9.52. The van der Waals surface area contributed by atoms with Gasteiger partial charge in [-0.3, -0.25) is 4.99 Å². The molecule has 7 heteroatoms. The minimum Gasteiger partial charge on any atom is -0.361 e. The Kier molecular flexibility index (Phi) is 5.94. The van der Waals surface area contributed by atoms with Crippen molar-refractivity contribution in [3.05, 3.63) is 51.1 Å². The summed E-state index contributed by atoms with van der Waals surface area (Å²) in [5.41, 5.74) is 2.35. The molecule has 2 aromatic heterocycles. The van der Waals surface area contributed by atoms with E-state index in [1.165, 1.54) is 15.8 Å². The van der Waals surface area contributed by atoms with Gasteiger partial charge in [0.25, 0.3) is 0 Å². The molecule has 0 aliphatic heterocycles. The van der Waals surface area contributed by atoms with Crippen molar-refractivity contribution in [1.82, 2.24) is 20.6 Å².